The van der Waals surface area contributed by atoms with Gasteiger partial charge in [-0.15, -0.1) is 13.2 Å². The molecule has 1 aliphatic rings. The third-order valence-corrected chi connectivity index (χ3v) is 5.39. The summed E-state index contributed by atoms with van der Waals surface area (Å²) in [5.74, 6) is -0.465. The molecule has 2 heterocycles. The first kappa shape index (κ1) is 21.7. The molecule has 4 rings (SSSR count). The molecule has 0 radical (unpaired) electrons. The van der Waals surface area contributed by atoms with E-state index in [2.05, 4.69) is 25.0 Å². The third kappa shape index (κ3) is 5.40. The number of nitrogens with one attached hydrogen (secondary N) is 1. The lowest BCUT2D eigenvalue weighted by molar-refractivity contribution is -0.274. The minimum absolute atomic E-state index is 0.317. The topological polar surface area (TPSA) is 77.0 Å². The average molecular weight is 442 g/mol. The molecule has 1 saturated carbocycles. The van der Waals surface area contributed by atoms with E-state index in [0.717, 1.165) is 54.6 Å². The molecule has 0 aliphatic heterocycles. The zero-order chi connectivity index (χ0) is 22.6. The number of nitrogens with zero attached hydrogens (tertiary/aromatic N) is 3. The van der Waals surface area contributed by atoms with Crippen molar-refractivity contribution in [3.05, 3.63) is 66.5 Å². The summed E-state index contributed by atoms with van der Waals surface area (Å²) in [6.07, 6.45) is 7.20. The number of carbonyl (C=O) groups is 1. The normalized spacial score (nSPS) is 14.7. The van der Waals surface area contributed by atoms with Gasteiger partial charge >= 0.3 is 6.36 Å². The highest BCUT2D eigenvalue weighted by atomic mass is 19.4. The Labute approximate surface area is 182 Å². The van der Waals surface area contributed by atoms with Crippen LogP contribution >= 0.6 is 0 Å². The molecule has 3 aromatic rings. The lowest BCUT2D eigenvalue weighted by Crippen LogP contribution is -2.17. The van der Waals surface area contributed by atoms with E-state index in [1.165, 1.54) is 31.1 Å². The fourth-order valence-corrected chi connectivity index (χ4v) is 3.91. The van der Waals surface area contributed by atoms with Crippen molar-refractivity contribution >= 4 is 11.6 Å². The Hall–Kier alpha value is -3.49. The molecule has 0 unspecified atom stereocenters. The highest BCUT2D eigenvalue weighted by molar-refractivity contribution is 6.04. The monoisotopic (exact) mass is 442 g/mol. The SMILES string of the molecule is O=C(Nc1ccc(OC(F)(F)F)cc1)c1cnc(C2CCCCC2)c(-c2cncnc2)c1. The van der Waals surface area contributed by atoms with Crippen molar-refractivity contribution in [1.82, 2.24) is 15.0 Å². The summed E-state index contributed by atoms with van der Waals surface area (Å²) in [7, 11) is 0. The molecular formula is C23H21F3N4O2. The van der Waals surface area contributed by atoms with Crippen LogP contribution in [0.5, 0.6) is 5.75 Å². The molecule has 166 valence electrons. The van der Waals surface area contributed by atoms with E-state index in [1.54, 1.807) is 18.5 Å². The maximum Gasteiger partial charge on any atom is 0.573 e. The predicted octanol–water partition coefficient (Wildman–Crippen LogP) is 5.74. The van der Waals surface area contributed by atoms with Crippen LogP contribution < -0.4 is 10.1 Å². The van der Waals surface area contributed by atoms with Gasteiger partial charge in [-0.1, -0.05) is 19.3 Å². The summed E-state index contributed by atoms with van der Waals surface area (Å²) in [6.45, 7) is 0. The van der Waals surface area contributed by atoms with Gasteiger partial charge in [0.1, 0.15) is 12.1 Å². The van der Waals surface area contributed by atoms with Crippen molar-refractivity contribution in [3.8, 4) is 16.9 Å². The van der Waals surface area contributed by atoms with Crippen LogP contribution in [-0.2, 0) is 0 Å². The predicted molar refractivity (Wildman–Crippen MR) is 112 cm³/mol. The second-order valence-electron chi connectivity index (χ2n) is 7.65. The van der Waals surface area contributed by atoms with Crippen molar-refractivity contribution in [1.29, 1.82) is 0 Å². The van der Waals surface area contributed by atoms with Crippen LogP contribution in [0.3, 0.4) is 0 Å². The van der Waals surface area contributed by atoms with Gasteiger partial charge in [0.2, 0.25) is 0 Å². The molecule has 1 N–H and O–H groups in total. The molecular weight excluding hydrogens is 421 g/mol. The van der Waals surface area contributed by atoms with Crippen LogP contribution in [0.4, 0.5) is 18.9 Å². The number of rotatable bonds is 5. The Morgan fingerprint density at radius 2 is 1.69 bits per heavy atom. The van der Waals surface area contributed by atoms with Crippen molar-refractivity contribution in [3.63, 3.8) is 0 Å². The van der Waals surface area contributed by atoms with Crippen molar-refractivity contribution < 1.29 is 22.7 Å². The number of hydrogen-bond donors (Lipinski definition) is 1. The molecule has 1 aliphatic carbocycles. The molecule has 0 saturated heterocycles. The third-order valence-electron chi connectivity index (χ3n) is 5.39. The molecule has 2 aromatic heterocycles. The van der Waals surface area contributed by atoms with Gasteiger partial charge in [-0.05, 0) is 43.2 Å². The van der Waals surface area contributed by atoms with E-state index < -0.39 is 12.3 Å². The van der Waals surface area contributed by atoms with Gasteiger partial charge < -0.3 is 10.1 Å². The maximum absolute atomic E-state index is 12.8. The van der Waals surface area contributed by atoms with Gasteiger partial charge in [0, 0.05) is 41.3 Å². The highest BCUT2D eigenvalue weighted by Gasteiger charge is 2.31. The number of anilines is 1. The Morgan fingerprint density at radius 3 is 2.34 bits per heavy atom. The number of halogens is 3. The minimum atomic E-state index is -4.77. The standard InChI is InChI=1S/C23H21F3N4O2/c24-23(25,26)32-19-8-6-18(7-9-19)30-22(31)16-10-20(17-11-27-14-28-12-17)21(29-13-16)15-4-2-1-3-5-15/h6-15H,1-5H2,(H,30,31). The lowest BCUT2D eigenvalue weighted by atomic mass is 9.84. The number of hydrogen-bond acceptors (Lipinski definition) is 5. The molecule has 1 amide bonds. The number of benzene rings is 1. The summed E-state index contributed by atoms with van der Waals surface area (Å²) in [5.41, 5.74) is 3.21. The van der Waals surface area contributed by atoms with Crippen LogP contribution in [0.15, 0.2) is 55.2 Å². The first-order valence-corrected chi connectivity index (χ1v) is 10.3. The average Bonchev–Trinajstić information content (AvgIpc) is 2.80. The Kier molecular flexibility index (Phi) is 6.34. The molecule has 0 spiro atoms. The van der Waals surface area contributed by atoms with Crippen LogP contribution in [0.25, 0.3) is 11.1 Å². The first-order valence-electron chi connectivity index (χ1n) is 10.3. The second-order valence-corrected chi connectivity index (χ2v) is 7.65. The van der Waals surface area contributed by atoms with Gasteiger partial charge in [0.15, 0.2) is 0 Å². The van der Waals surface area contributed by atoms with Crippen molar-refractivity contribution in [2.45, 2.75) is 44.4 Å². The van der Waals surface area contributed by atoms with Gasteiger partial charge in [0.05, 0.1) is 11.3 Å². The summed E-state index contributed by atoms with van der Waals surface area (Å²) < 4.78 is 40.8. The number of alkyl halides is 3. The smallest absolute Gasteiger partial charge is 0.406 e. The zero-order valence-corrected chi connectivity index (χ0v) is 17.1. The van der Waals surface area contributed by atoms with Gasteiger partial charge in [-0.2, -0.15) is 0 Å². The highest BCUT2D eigenvalue weighted by Crippen LogP contribution is 2.37. The number of carbonyl (C=O) groups excluding carboxylic acids is 1. The summed E-state index contributed by atoms with van der Waals surface area (Å²) >= 11 is 0. The van der Waals surface area contributed by atoms with E-state index in [-0.39, 0.29) is 5.75 Å². The first-order chi connectivity index (χ1) is 15.4. The molecule has 32 heavy (non-hydrogen) atoms. The Bertz CT molecular complexity index is 1070. The van der Waals surface area contributed by atoms with Crippen LogP contribution in [0.2, 0.25) is 0 Å². The van der Waals surface area contributed by atoms with Crippen LogP contribution in [0.1, 0.15) is 54.1 Å². The van der Waals surface area contributed by atoms with E-state index in [0.29, 0.717) is 17.2 Å². The molecule has 9 heteroatoms. The number of aromatic nitrogens is 3. The van der Waals surface area contributed by atoms with Crippen molar-refractivity contribution in [2.75, 3.05) is 5.32 Å². The van der Waals surface area contributed by atoms with Gasteiger partial charge in [0.25, 0.3) is 5.91 Å². The van der Waals surface area contributed by atoms with E-state index in [1.807, 2.05) is 0 Å². The second kappa shape index (κ2) is 9.33. The van der Waals surface area contributed by atoms with Gasteiger partial charge in [-0.25, -0.2) is 9.97 Å². The Morgan fingerprint density at radius 1 is 1.00 bits per heavy atom. The largest absolute Gasteiger partial charge is 0.573 e. The maximum atomic E-state index is 12.8. The number of amides is 1. The Balaban J connectivity index is 1.57. The minimum Gasteiger partial charge on any atom is -0.406 e. The molecule has 0 atom stereocenters. The van der Waals surface area contributed by atoms with Crippen molar-refractivity contribution in [2.24, 2.45) is 0 Å². The van der Waals surface area contributed by atoms with E-state index in [4.69, 9.17) is 0 Å². The summed E-state index contributed by atoms with van der Waals surface area (Å²) in [4.78, 5) is 25.6. The van der Waals surface area contributed by atoms with E-state index >= 15 is 0 Å². The van der Waals surface area contributed by atoms with Crippen LogP contribution in [0, 0.1) is 0 Å². The number of pyridine rings is 1. The molecule has 1 aromatic carbocycles. The summed E-state index contributed by atoms with van der Waals surface area (Å²) in [5, 5.41) is 2.68. The quantitative estimate of drug-likeness (QED) is 0.546. The van der Waals surface area contributed by atoms with Gasteiger partial charge in [-0.3, -0.25) is 9.78 Å². The summed E-state index contributed by atoms with van der Waals surface area (Å²) in [6, 6.07) is 6.73. The number of ether oxygens (including phenoxy) is 1. The zero-order valence-electron chi connectivity index (χ0n) is 17.1. The fraction of sp³-hybridized carbons (Fsp3) is 0.304. The molecule has 1 fully saturated rings. The van der Waals surface area contributed by atoms with Crippen LogP contribution in [-0.4, -0.2) is 27.2 Å². The lowest BCUT2D eigenvalue weighted by Gasteiger charge is -2.23. The fourth-order valence-electron chi connectivity index (χ4n) is 3.91. The molecule has 6 nitrogen and oxygen atoms in total. The van der Waals surface area contributed by atoms with E-state index in [9.17, 15) is 18.0 Å². The molecule has 0 bridgehead atoms.